The monoisotopic (exact) mass is 298 g/mol. The lowest BCUT2D eigenvalue weighted by Gasteiger charge is -2.30. The Balaban J connectivity index is 2.05. The molecule has 1 aromatic rings. The second kappa shape index (κ2) is 6.51. The molecule has 1 aliphatic rings. The molecule has 1 unspecified atom stereocenters. The zero-order valence-corrected chi connectivity index (χ0v) is 11.6. The molecule has 0 spiro atoms. The summed E-state index contributed by atoms with van der Waals surface area (Å²) in [5.74, 6) is -2.68. The van der Waals surface area contributed by atoms with Gasteiger partial charge in [-0.15, -0.1) is 0 Å². The number of rotatable bonds is 2. The van der Waals surface area contributed by atoms with Crippen molar-refractivity contribution in [2.75, 3.05) is 25.5 Å². The summed E-state index contributed by atoms with van der Waals surface area (Å²) in [4.78, 5) is 25.0. The van der Waals surface area contributed by atoms with Crippen molar-refractivity contribution in [3.05, 3.63) is 29.8 Å². The van der Waals surface area contributed by atoms with Gasteiger partial charge in [-0.25, -0.2) is 13.6 Å². The highest BCUT2D eigenvalue weighted by Gasteiger charge is 2.29. The van der Waals surface area contributed by atoms with Crippen LogP contribution in [0, 0.1) is 17.6 Å². The molecular weight excluding hydrogens is 282 g/mol. The van der Waals surface area contributed by atoms with Gasteiger partial charge in [0.05, 0.1) is 13.0 Å². The maximum Gasteiger partial charge on any atom is 0.409 e. The van der Waals surface area contributed by atoms with E-state index in [1.165, 1.54) is 18.1 Å². The first kappa shape index (κ1) is 15.2. The number of carbonyl (C=O) groups excluding carboxylic acids is 2. The summed E-state index contributed by atoms with van der Waals surface area (Å²) >= 11 is 0. The largest absolute Gasteiger partial charge is 0.453 e. The van der Waals surface area contributed by atoms with Gasteiger partial charge in [-0.05, 0) is 25.0 Å². The predicted octanol–water partition coefficient (Wildman–Crippen LogP) is 2.38. The van der Waals surface area contributed by atoms with Crippen LogP contribution >= 0.6 is 0 Å². The lowest BCUT2D eigenvalue weighted by molar-refractivity contribution is -0.121. The Morgan fingerprint density at radius 1 is 1.33 bits per heavy atom. The number of ether oxygens (including phenoxy) is 1. The molecule has 0 saturated carbocycles. The number of hydrogen-bond acceptors (Lipinski definition) is 3. The first-order valence-corrected chi connectivity index (χ1v) is 6.60. The van der Waals surface area contributed by atoms with Gasteiger partial charge in [-0.3, -0.25) is 4.79 Å². The Bertz CT molecular complexity index is 531. The Labute approximate surface area is 120 Å². The van der Waals surface area contributed by atoms with Gasteiger partial charge < -0.3 is 15.0 Å². The smallest absolute Gasteiger partial charge is 0.409 e. The van der Waals surface area contributed by atoms with Gasteiger partial charge in [0.1, 0.15) is 17.3 Å². The highest BCUT2D eigenvalue weighted by Crippen LogP contribution is 2.22. The number of para-hydroxylation sites is 1. The Kier molecular flexibility index (Phi) is 4.72. The average molecular weight is 298 g/mol. The Morgan fingerprint density at radius 2 is 2.00 bits per heavy atom. The van der Waals surface area contributed by atoms with E-state index in [-0.39, 0.29) is 6.54 Å². The molecule has 0 aliphatic carbocycles. The number of likely N-dealkylation sites (tertiary alicyclic amines) is 1. The summed E-state index contributed by atoms with van der Waals surface area (Å²) in [5, 5.41) is 2.26. The van der Waals surface area contributed by atoms with Crippen LogP contribution in [0.25, 0.3) is 0 Å². The molecule has 114 valence electrons. The summed E-state index contributed by atoms with van der Waals surface area (Å²) in [6.45, 7) is 0.680. The number of anilines is 1. The van der Waals surface area contributed by atoms with Crippen LogP contribution in [0.2, 0.25) is 0 Å². The van der Waals surface area contributed by atoms with Crippen molar-refractivity contribution in [3.63, 3.8) is 0 Å². The minimum atomic E-state index is -0.830. The summed E-state index contributed by atoms with van der Waals surface area (Å²) < 4.78 is 31.6. The van der Waals surface area contributed by atoms with Crippen LogP contribution in [0.15, 0.2) is 18.2 Å². The minimum absolute atomic E-state index is 0.175. The Hall–Kier alpha value is -2.18. The quantitative estimate of drug-likeness (QED) is 0.912. The number of amides is 2. The van der Waals surface area contributed by atoms with Crippen molar-refractivity contribution in [2.24, 2.45) is 5.92 Å². The van der Waals surface area contributed by atoms with Crippen molar-refractivity contribution in [1.82, 2.24) is 4.90 Å². The molecule has 21 heavy (non-hydrogen) atoms. The summed E-state index contributed by atoms with van der Waals surface area (Å²) in [6.07, 6.45) is 0.673. The van der Waals surface area contributed by atoms with Crippen LogP contribution in [0.5, 0.6) is 0 Å². The minimum Gasteiger partial charge on any atom is -0.453 e. The molecule has 1 N–H and O–H groups in total. The lowest BCUT2D eigenvalue weighted by atomic mass is 9.97. The molecule has 2 amide bonds. The molecule has 0 aromatic heterocycles. The Morgan fingerprint density at radius 3 is 2.62 bits per heavy atom. The molecular formula is C14H16F2N2O3. The van der Waals surface area contributed by atoms with E-state index in [9.17, 15) is 18.4 Å². The van der Waals surface area contributed by atoms with Gasteiger partial charge >= 0.3 is 6.09 Å². The predicted molar refractivity (Wildman–Crippen MR) is 71.7 cm³/mol. The first-order valence-electron chi connectivity index (χ1n) is 6.60. The number of methoxy groups -OCH3 is 1. The number of benzene rings is 1. The van der Waals surface area contributed by atoms with Crippen LogP contribution in [-0.4, -0.2) is 37.1 Å². The number of carbonyl (C=O) groups is 2. The lowest BCUT2D eigenvalue weighted by Crippen LogP contribution is -2.43. The van der Waals surface area contributed by atoms with E-state index in [1.807, 2.05) is 0 Å². The molecule has 7 heteroatoms. The van der Waals surface area contributed by atoms with Crippen molar-refractivity contribution in [2.45, 2.75) is 12.8 Å². The third-order valence-electron chi connectivity index (χ3n) is 3.44. The molecule has 1 heterocycles. The number of halogens is 2. The molecule has 1 aliphatic heterocycles. The fraction of sp³-hybridized carbons (Fsp3) is 0.429. The molecule has 1 saturated heterocycles. The van der Waals surface area contributed by atoms with E-state index in [1.54, 1.807) is 0 Å². The fourth-order valence-corrected chi connectivity index (χ4v) is 2.33. The topological polar surface area (TPSA) is 58.6 Å². The molecule has 1 aromatic carbocycles. The van der Waals surface area contributed by atoms with Gasteiger partial charge in [-0.2, -0.15) is 0 Å². The van der Waals surface area contributed by atoms with Crippen molar-refractivity contribution < 1.29 is 23.1 Å². The third kappa shape index (κ3) is 3.48. The first-order chi connectivity index (χ1) is 10.0. The van der Waals surface area contributed by atoms with Crippen LogP contribution in [-0.2, 0) is 9.53 Å². The molecule has 1 atom stereocenters. The van der Waals surface area contributed by atoms with Crippen molar-refractivity contribution in [1.29, 1.82) is 0 Å². The maximum absolute atomic E-state index is 13.5. The SMILES string of the molecule is COC(=O)N1CCCC(C(=O)Nc2c(F)cccc2F)C1. The summed E-state index contributed by atoms with van der Waals surface area (Å²) in [7, 11) is 1.26. The van der Waals surface area contributed by atoms with Gasteiger partial charge in [-0.1, -0.05) is 6.07 Å². The van der Waals surface area contributed by atoms with E-state index < -0.39 is 35.2 Å². The number of nitrogens with zero attached hydrogens (tertiary/aromatic N) is 1. The van der Waals surface area contributed by atoms with Gasteiger partial charge in [0.25, 0.3) is 0 Å². The van der Waals surface area contributed by atoms with E-state index in [0.717, 1.165) is 12.1 Å². The van der Waals surface area contributed by atoms with E-state index in [0.29, 0.717) is 19.4 Å². The van der Waals surface area contributed by atoms with Crippen molar-refractivity contribution >= 4 is 17.7 Å². The van der Waals surface area contributed by atoms with Gasteiger partial charge in [0, 0.05) is 13.1 Å². The average Bonchev–Trinajstić information content (AvgIpc) is 2.50. The second-order valence-electron chi connectivity index (χ2n) is 4.84. The maximum atomic E-state index is 13.5. The molecule has 1 fully saturated rings. The normalized spacial score (nSPS) is 18.2. The molecule has 5 nitrogen and oxygen atoms in total. The highest BCUT2D eigenvalue weighted by atomic mass is 19.1. The van der Waals surface area contributed by atoms with Crippen LogP contribution in [0.3, 0.4) is 0 Å². The summed E-state index contributed by atoms with van der Waals surface area (Å²) in [5.41, 5.74) is -0.460. The zero-order valence-electron chi connectivity index (χ0n) is 11.6. The number of hydrogen-bond donors (Lipinski definition) is 1. The van der Waals surface area contributed by atoms with E-state index >= 15 is 0 Å². The fourth-order valence-electron chi connectivity index (χ4n) is 2.33. The van der Waals surface area contributed by atoms with Gasteiger partial charge in [0.15, 0.2) is 0 Å². The van der Waals surface area contributed by atoms with Crippen LogP contribution < -0.4 is 5.32 Å². The summed E-state index contributed by atoms with van der Waals surface area (Å²) in [6, 6.07) is 3.36. The highest BCUT2D eigenvalue weighted by molar-refractivity contribution is 5.93. The van der Waals surface area contributed by atoms with Crippen LogP contribution in [0.4, 0.5) is 19.3 Å². The van der Waals surface area contributed by atoms with Crippen LogP contribution in [0.1, 0.15) is 12.8 Å². The zero-order chi connectivity index (χ0) is 15.4. The molecule has 2 rings (SSSR count). The van der Waals surface area contributed by atoms with Crippen molar-refractivity contribution in [3.8, 4) is 0 Å². The van der Waals surface area contributed by atoms with E-state index in [2.05, 4.69) is 10.1 Å². The number of nitrogens with one attached hydrogen (secondary N) is 1. The molecule has 0 radical (unpaired) electrons. The van der Waals surface area contributed by atoms with E-state index in [4.69, 9.17) is 0 Å². The molecule has 0 bridgehead atoms. The number of piperidine rings is 1. The second-order valence-corrected chi connectivity index (χ2v) is 4.84. The third-order valence-corrected chi connectivity index (χ3v) is 3.44. The van der Waals surface area contributed by atoms with Gasteiger partial charge in [0.2, 0.25) is 5.91 Å². The standard InChI is InChI=1S/C14H16F2N2O3/c1-21-14(20)18-7-3-4-9(8-18)13(19)17-12-10(15)5-2-6-11(12)16/h2,5-6,9H,3-4,7-8H2,1H3,(H,17,19).